The third-order valence-corrected chi connectivity index (χ3v) is 4.04. The first-order valence-electron chi connectivity index (χ1n) is 7.54. The van der Waals surface area contributed by atoms with Crippen LogP contribution in [-0.4, -0.2) is 22.1 Å². The van der Waals surface area contributed by atoms with Crippen molar-refractivity contribution >= 4 is 16.8 Å². The second-order valence-corrected chi connectivity index (χ2v) is 5.80. The van der Waals surface area contributed by atoms with Crippen LogP contribution in [0.15, 0.2) is 40.9 Å². The smallest absolute Gasteiger partial charge is 0.254 e. The minimum atomic E-state index is -0.753. The number of aliphatic hydroxyl groups is 1. The van der Waals surface area contributed by atoms with Gasteiger partial charge >= 0.3 is 0 Å². The third-order valence-electron chi connectivity index (χ3n) is 4.04. The second kappa shape index (κ2) is 5.93. The van der Waals surface area contributed by atoms with E-state index >= 15 is 0 Å². The van der Waals surface area contributed by atoms with Gasteiger partial charge in [0.15, 0.2) is 0 Å². The predicted molar refractivity (Wildman–Crippen MR) is 88.4 cm³/mol. The molecule has 0 saturated carbocycles. The standard InChI is InChI=1S/C18H20N2O3/c1-11-8-15(12(2)23-11)18(22)19-10-17(21)14-4-5-16-13(9-14)6-7-20(16)3/h4-9,17,21H,10H2,1-3H3,(H,19,22). The molecule has 3 aromatic rings. The van der Waals surface area contributed by atoms with Crippen molar-refractivity contribution in [3.8, 4) is 0 Å². The number of amides is 1. The first-order chi connectivity index (χ1) is 11.0. The fraction of sp³-hybridized carbons (Fsp3) is 0.278. The first kappa shape index (κ1) is 15.4. The molecule has 0 aliphatic heterocycles. The molecule has 1 aromatic carbocycles. The average Bonchev–Trinajstić information content (AvgIpc) is 3.06. The Labute approximate surface area is 134 Å². The lowest BCUT2D eigenvalue weighted by Gasteiger charge is -2.12. The zero-order chi connectivity index (χ0) is 16.6. The lowest BCUT2D eigenvalue weighted by atomic mass is 10.1. The zero-order valence-corrected chi connectivity index (χ0v) is 13.5. The molecule has 0 aliphatic carbocycles. The zero-order valence-electron chi connectivity index (χ0n) is 13.5. The number of fused-ring (bicyclic) bond motifs is 1. The molecule has 2 N–H and O–H groups in total. The van der Waals surface area contributed by atoms with Crippen molar-refractivity contribution in [3.63, 3.8) is 0 Å². The maximum atomic E-state index is 12.1. The number of aliphatic hydroxyl groups excluding tert-OH is 1. The number of carbonyl (C=O) groups excluding carboxylic acids is 1. The van der Waals surface area contributed by atoms with Crippen LogP contribution < -0.4 is 5.32 Å². The molecule has 0 spiro atoms. The molecule has 2 aromatic heterocycles. The van der Waals surface area contributed by atoms with Crippen molar-refractivity contribution in [1.29, 1.82) is 0 Å². The average molecular weight is 312 g/mol. The molecule has 1 atom stereocenters. The Balaban J connectivity index is 1.69. The molecular formula is C18H20N2O3. The SMILES string of the molecule is Cc1cc(C(=O)NCC(O)c2ccc3c(ccn3C)c2)c(C)o1. The molecule has 1 unspecified atom stereocenters. The number of nitrogens with zero attached hydrogens (tertiary/aromatic N) is 1. The quantitative estimate of drug-likeness (QED) is 0.778. The monoisotopic (exact) mass is 312 g/mol. The highest BCUT2D eigenvalue weighted by atomic mass is 16.3. The van der Waals surface area contributed by atoms with E-state index in [9.17, 15) is 9.90 Å². The van der Waals surface area contributed by atoms with Crippen molar-refractivity contribution in [2.45, 2.75) is 20.0 Å². The van der Waals surface area contributed by atoms with Crippen LogP contribution in [0, 0.1) is 13.8 Å². The summed E-state index contributed by atoms with van der Waals surface area (Å²) in [6, 6.07) is 9.50. The van der Waals surface area contributed by atoms with Gasteiger partial charge in [0.25, 0.3) is 5.91 Å². The van der Waals surface area contributed by atoms with E-state index in [1.807, 2.05) is 42.1 Å². The summed E-state index contributed by atoms with van der Waals surface area (Å²) in [6.07, 6.45) is 1.23. The van der Waals surface area contributed by atoms with E-state index in [1.165, 1.54) is 0 Å². The van der Waals surface area contributed by atoms with Crippen LogP contribution in [0.3, 0.4) is 0 Å². The molecule has 0 aliphatic rings. The van der Waals surface area contributed by atoms with Gasteiger partial charge in [0, 0.05) is 25.3 Å². The van der Waals surface area contributed by atoms with Crippen LogP contribution in [0.1, 0.15) is 33.5 Å². The minimum Gasteiger partial charge on any atom is -0.466 e. The van der Waals surface area contributed by atoms with E-state index in [0.717, 1.165) is 16.5 Å². The normalized spacial score (nSPS) is 12.5. The summed E-state index contributed by atoms with van der Waals surface area (Å²) in [5, 5.41) is 14.1. The van der Waals surface area contributed by atoms with Gasteiger partial charge in [-0.3, -0.25) is 4.79 Å². The number of nitrogens with one attached hydrogen (secondary N) is 1. The number of furan rings is 1. The van der Waals surface area contributed by atoms with E-state index in [4.69, 9.17) is 4.42 Å². The van der Waals surface area contributed by atoms with Crippen LogP contribution in [-0.2, 0) is 7.05 Å². The molecule has 1 amide bonds. The predicted octanol–water partition coefficient (Wildman–Crippen LogP) is 2.85. The van der Waals surface area contributed by atoms with Crippen LogP contribution in [0.5, 0.6) is 0 Å². The number of benzene rings is 1. The summed E-state index contributed by atoms with van der Waals surface area (Å²) in [7, 11) is 1.98. The van der Waals surface area contributed by atoms with Crippen molar-refractivity contribution in [1.82, 2.24) is 9.88 Å². The van der Waals surface area contributed by atoms with Gasteiger partial charge < -0.3 is 19.4 Å². The molecule has 0 saturated heterocycles. The lowest BCUT2D eigenvalue weighted by Crippen LogP contribution is -2.28. The van der Waals surface area contributed by atoms with Crippen molar-refractivity contribution in [2.75, 3.05) is 6.54 Å². The Morgan fingerprint density at radius 1 is 1.30 bits per heavy atom. The lowest BCUT2D eigenvalue weighted by molar-refractivity contribution is 0.0915. The molecule has 0 radical (unpaired) electrons. The number of aromatic nitrogens is 1. The summed E-state index contributed by atoms with van der Waals surface area (Å²) in [4.78, 5) is 12.1. The van der Waals surface area contributed by atoms with Crippen molar-refractivity contribution < 1.29 is 14.3 Å². The van der Waals surface area contributed by atoms with Crippen LogP contribution in [0.4, 0.5) is 0 Å². The van der Waals surface area contributed by atoms with Gasteiger partial charge in [-0.05, 0) is 49.1 Å². The van der Waals surface area contributed by atoms with Gasteiger partial charge in [-0.15, -0.1) is 0 Å². The van der Waals surface area contributed by atoms with E-state index < -0.39 is 6.10 Å². The Morgan fingerprint density at radius 2 is 2.09 bits per heavy atom. The number of hydrogen-bond acceptors (Lipinski definition) is 3. The first-order valence-corrected chi connectivity index (χ1v) is 7.54. The molecule has 5 heteroatoms. The Kier molecular flexibility index (Phi) is 3.96. The van der Waals surface area contributed by atoms with Gasteiger partial charge in [0.1, 0.15) is 11.5 Å². The highest BCUT2D eigenvalue weighted by Crippen LogP contribution is 2.21. The van der Waals surface area contributed by atoms with Crippen LogP contribution in [0.25, 0.3) is 10.9 Å². The van der Waals surface area contributed by atoms with Gasteiger partial charge in [0.05, 0.1) is 11.7 Å². The number of carbonyl (C=O) groups is 1. The highest BCUT2D eigenvalue weighted by Gasteiger charge is 2.15. The highest BCUT2D eigenvalue weighted by molar-refractivity contribution is 5.95. The Bertz CT molecular complexity index is 860. The molecule has 0 fully saturated rings. The van der Waals surface area contributed by atoms with Gasteiger partial charge in [-0.25, -0.2) is 0 Å². The van der Waals surface area contributed by atoms with Gasteiger partial charge in [-0.2, -0.15) is 0 Å². The fourth-order valence-corrected chi connectivity index (χ4v) is 2.77. The molecule has 2 heterocycles. The van der Waals surface area contributed by atoms with Gasteiger partial charge in [-0.1, -0.05) is 6.07 Å². The van der Waals surface area contributed by atoms with Crippen LogP contribution >= 0.6 is 0 Å². The fourth-order valence-electron chi connectivity index (χ4n) is 2.77. The summed E-state index contributed by atoms with van der Waals surface area (Å²) in [5.41, 5.74) is 2.40. The summed E-state index contributed by atoms with van der Waals surface area (Å²) in [5.74, 6) is 1.04. The molecule has 120 valence electrons. The maximum Gasteiger partial charge on any atom is 0.254 e. The number of rotatable bonds is 4. The second-order valence-electron chi connectivity index (χ2n) is 5.80. The van der Waals surface area contributed by atoms with Gasteiger partial charge in [0.2, 0.25) is 0 Å². The maximum absolute atomic E-state index is 12.1. The topological polar surface area (TPSA) is 67.4 Å². The molecular weight excluding hydrogens is 292 g/mol. The molecule has 3 rings (SSSR count). The number of aryl methyl sites for hydroxylation is 3. The third kappa shape index (κ3) is 3.00. The van der Waals surface area contributed by atoms with E-state index in [0.29, 0.717) is 17.1 Å². The number of hydrogen-bond donors (Lipinski definition) is 2. The molecule has 0 bridgehead atoms. The largest absolute Gasteiger partial charge is 0.466 e. The Hall–Kier alpha value is -2.53. The summed E-state index contributed by atoms with van der Waals surface area (Å²) < 4.78 is 7.38. The minimum absolute atomic E-state index is 0.154. The van der Waals surface area contributed by atoms with E-state index in [-0.39, 0.29) is 12.5 Å². The summed E-state index contributed by atoms with van der Waals surface area (Å²) in [6.45, 7) is 3.70. The van der Waals surface area contributed by atoms with Crippen molar-refractivity contribution in [2.24, 2.45) is 7.05 Å². The van der Waals surface area contributed by atoms with E-state index in [2.05, 4.69) is 5.32 Å². The van der Waals surface area contributed by atoms with Crippen molar-refractivity contribution in [3.05, 3.63) is 59.2 Å². The molecule has 5 nitrogen and oxygen atoms in total. The summed E-state index contributed by atoms with van der Waals surface area (Å²) >= 11 is 0. The van der Waals surface area contributed by atoms with E-state index in [1.54, 1.807) is 19.9 Å². The Morgan fingerprint density at radius 3 is 2.78 bits per heavy atom. The van der Waals surface area contributed by atoms with Crippen LogP contribution in [0.2, 0.25) is 0 Å². The molecule has 23 heavy (non-hydrogen) atoms.